The second-order valence-electron chi connectivity index (χ2n) is 6.48. The van der Waals surface area contributed by atoms with Crippen LogP contribution in [0.4, 0.5) is 8.78 Å². The van der Waals surface area contributed by atoms with Gasteiger partial charge in [0.2, 0.25) is 5.67 Å². The third kappa shape index (κ3) is 4.78. The first kappa shape index (κ1) is 17.4. The number of carbonyl (C=O) groups is 1. The molecule has 25 heavy (non-hydrogen) atoms. The number of halogens is 2. The van der Waals surface area contributed by atoms with E-state index in [2.05, 4.69) is 0 Å². The zero-order chi connectivity index (χ0) is 17.9. The highest BCUT2D eigenvalue weighted by molar-refractivity contribution is 5.79. The molecule has 0 bridgehead atoms. The van der Waals surface area contributed by atoms with Gasteiger partial charge in [-0.05, 0) is 62.4 Å². The van der Waals surface area contributed by atoms with Crippen LogP contribution in [0.3, 0.4) is 0 Å². The minimum Gasteiger partial charge on any atom is -0.460 e. The molecule has 0 saturated heterocycles. The Balaban J connectivity index is 1.64. The molecule has 0 N–H and O–H groups in total. The van der Waals surface area contributed by atoms with E-state index in [-0.39, 0.29) is 24.7 Å². The number of hydrogen-bond acceptors (Lipinski definition) is 3. The lowest BCUT2D eigenvalue weighted by Crippen LogP contribution is -2.33. The van der Waals surface area contributed by atoms with Gasteiger partial charge in [0.15, 0.2) is 11.6 Å². The van der Waals surface area contributed by atoms with E-state index in [1.807, 2.05) is 6.07 Å². The summed E-state index contributed by atoms with van der Waals surface area (Å²) in [6, 6.07) is 13.2. The zero-order valence-corrected chi connectivity index (χ0v) is 14.0. The minimum absolute atomic E-state index is 0.0328. The molecule has 1 aliphatic carbocycles. The van der Waals surface area contributed by atoms with E-state index in [1.165, 1.54) is 19.1 Å². The van der Waals surface area contributed by atoms with Crippen LogP contribution in [0.15, 0.2) is 48.5 Å². The monoisotopic (exact) mass is 346 g/mol. The first-order valence-corrected chi connectivity index (χ1v) is 8.35. The summed E-state index contributed by atoms with van der Waals surface area (Å²) in [5, 5.41) is 0. The first-order valence-electron chi connectivity index (χ1n) is 8.35. The fourth-order valence-electron chi connectivity index (χ4n) is 2.34. The molecule has 0 spiro atoms. The SMILES string of the molecule is CC(F)(CCc1ccc(F)c(Oc2ccccc2)c1)C(=O)OC1CC1. The lowest BCUT2D eigenvalue weighted by Gasteiger charge is -2.18. The first-order chi connectivity index (χ1) is 11.9. The van der Waals surface area contributed by atoms with E-state index in [1.54, 1.807) is 30.3 Å². The summed E-state index contributed by atoms with van der Waals surface area (Å²) < 4.78 is 39.0. The van der Waals surface area contributed by atoms with Crippen molar-refractivity contribution in [3.63, 3.8) is 0 Å². The number of aryl methyl sites for hydroxylation is 1. The van der Waals surface area contributed by atoms with E-state index in [0.29, 0.717) is 11.3 Å². The van der Waals surface area contributed by atoms with Crippen molar-refractivity contribution in [3.8, 4) is 11.5 Å². The average Bonchev–Trinajstić information content (AvgIpc) is 3.40. The number of alkyl halides is 1. The summed E-state index contributed by atoms with van der Waals surface area (Å²) in [5.41, 5.74) is -1.37. The maximum absolute atomic E-state index is 14.5. The van der Waals surface area contributed by atoms with Gasteiger partial charge in [-0.1, -0.05) is 24.3 Å². The minimum atomic E-state index is -2.06. The highest BCUT2D eigenvalue weighted by Crippen LogP contribution is 2.30. The van der Waals surface area contributed by atoms with E-state index >= 15 is 0 Å². The molecular formula is C20H20F2O3. The summed E-state index contributed by atoms with van der Waals surface area (Å²) >= 11 is 0. The Morgan fingerprint density at radius 2 is 1.92 bits per heavy atom. The van der Waals surface area contributed by atoms with Crippen LogP contribution in [-0.4, -0.2) is 17.7 Å². The number of hydrogen-bond donors (Lipinski definition) is 0. The van der Waals surface area contributed by atoms with Crippen LogP contribution in [0.1, 0.15) is 31.7 Å². The van der Waals surface area contributed by atoms with E-state index in [0.717, 1.165) is 12.8 Å². The number of para-hydroxylation sites is 1. The van der Waals surface area contributed by atoms with E-state index in [4.69, 9.17) is 9.47 Å². The molecule has 132 valence electrons. The van der Waals surface area contributed by atoms with Crippen molar-refractivity contribution in [2.24, 2.45) is 0 Å². The molecule has 0 aromatic heterocycles. The van der Waals surface area contributed by atoms with Crippen LogP contribution in [0.5, 0.6) is 11.5 Å². The molecule has 2 aromatic carbocycles. The van der Waals surface area contributed by atoms with Crippen LogP contribution < -0.4 is 4.74 Å². The molecule has 2 aromatic rings. The molecule has 5 heteroatoms. The topological polar surface area (TPSA) is 35.5 Å². The van der Waals surface area contributed by atoms with E-state index in [9.17, 15) is 13.6 Å². The Morgan fingerprint density at radius 1 is 1.20 bits per heavy atom. The van der Waals surface area contributed by atoms with Crippen molar-refractivity contribution in [2.45, 2.75) is 44.4 Å². The van der Waals surface area contributed by atoms with Gasteiger partial charge in [-0.3, -0.25) is 0 Å². The van der Waals surface area contributed by atoms with Crippen molar-refractivity contribution >= 4 is 5.97 Å². The van der Waals surface area contributed by atoms with Crippen LogP contribution in [0, 0.1) is 5.82 Å². The maximum atomic E-state index is 14.5. The van der Waals surface area contributed by atoms with Gasteiger partial charge < -0.3 is 9.47 Å². The molecule has 0 radical (unpaired) electrons. The Kier molecular flexibility index (Phi) is 5.02. The third-order valence-electron chi connectivity index (χ3n) is 4.07. The zero-order valence-electron chi connectivity index (χ0n) is 14.0. The highest BCUT2D eigenvalue weighted by Gasteiger charge is 2.38. The summed E-state index contributed by atoms with van der Waals surface area (Å²) in [5.74, 6) is -0.728. The van der Waals surface area contributed by atoms with Gasteiger partial charge in [-0.2, -0.15) is 0 Å². The highest BCUT2D eigenvalue weighted by atomic mass is 19.1. The molecule has 0 amide bonds. The lowest BCUT2D eigenvalue weighted by molar-refractivity contribution is -0.158. The fourth-order valence-corrected chi connectivity index (χ4v) is 2.34. The van der Waals surface area contributed by atoms with Gasteiger partial charge in [0, 0.05) is 0 Å². The molecule has 1 fully saturated rings. The van der Waals surface area contributed by atoms with E-state index < -0.39 is 17.5 Å². The molecule has 1 unspecified atom stereocenters. The Bertz CT molecular complexity index is 740. The summed E-state index contributed by atoms with van der Waals surface area (Å²) in [7, 11) is 0. The molecule has 1 atom stereocenters. The van der Waals surface area contributed by atoms with Crippen molar-refractivity contribution in [3.05, 3.63) is 59.9 Å². The van der Waals surface area contributed by atoms with Gasteiger partial charge in [-0.15, -0.1) is 0 Å². The largest absolute Gasteiger partial charge is 0.460 e. The lowest BCUT2D eigenvalue weighted by atomic mass is 9.98. The van der Waals surface area contributed by atoms with Gasteiger partial charge >= 0.3 is 5.97 Å². The number of ether oxygens (including phenoxy) is 2. The predicted octanol–water partition coefficient (Wildman–Crippen LogP) is 4.98. The molecular weight excluding hydrogens is 326 g/mol. The predicted molar refractivity (Wildman–Crippen MR) is 89.9 cm³/mol. The van der Waals surface area contributed by atoms with Crippen LogP contribution in [0.25, 0.3) is 0 Å². The fraction of sp³-hybridized carbons (Fsp3) is 0.350. The Morgan fingerprint density at radius 3 is 2.60 bits per heavy atom. The average molecular weight is 346 g/mol. The number of rotatable bonds is 7. The van der Waals surface area contributed by atoms with Gasteiger partial charge in [0.05, 0.1) is 0 Å². The van der Waals surface area contributed by atoms with Gasteiger partial charge in [0.25, 0.3) is 0 Å². The van der Waals surface area contributed by atoms with Crippen molar-refractivity contribution < 1.29 is 23.0 Å². The molecule has 3 nitrogen and oxygen atoms in total. The summed E-state index contributed by atoms with van der Waals surface area (Å²) in [6.45, 7) is 1.22. The van der Waals surface area contributed by atoms with Gasteiger partial charge in [0.1, 0.15) is 11.9 Å². The molecule has 0 aliphatic heterocycles. The molecule has 3 rings (SSSR count). The molecule has 1 aliphatic rings. The van der Waals surface area contributed by atoms with Crippen molar-refractivity contribution in [1.29, 1.82) is 0 Å². The quantitative estimate of drug-likeness (QED) is 0.663. The summed E-state index contributed by atoms with van der Waals surface area (Å²) in [6.07, 6.45) is 1.73. The number of esters is 1. The second-order valence-corrected chi connectivity index (χ2v) is 6.48. The van der Waals surface area contributed by atoms with Gasteiger partial charge in [-0.25, -0.2) is 13.6 Å². The normalized spacial score (nSPS) is 16.1. The number of benzene rings is 2. The standard InChI is InChI=1S/C20H20F2O3/c1-20(22,19(23)25-16-8-9-16)12-11-14-7-10-17(21)18(13-14)24-15-5-3-2-4-6-15/h2-7,10,13,16H,8-9,11-12H2,1H3. The van der Waals surface area contributed by atoms with Crippen molar-refractivity contribution in [1.82, 2.24) is 0 Å². The number of carbonyl (C=O) groups excluding carboxylic acids is 1. The van der Waals surface area contributed by atoms with Crippen LogP contribution >= 0.6 is 0 Å². The van der Waals surface area contributed by atoms with Crippen LogP contribution in [0.2, 0.25) is 0 Å². The molecule has 0 heterocycles. The smallest absolute Gasteiger partial charge is 0.343 e. The second kappa shape index (κ2) is 7.21. The van der Waals surface area contributed by atoms with Crippen molar-refractivity contribution in [2.75, 3.05) is 0 Å². The summed E-state index contributed by atoms with van der Waals surface area (Å²) in [4.78, 5) is 11.8. The Hall–Kier alpha value is -2.43. The third-order valence-corrected chi connectivity index (χ3v) is 4.07. The maximum Gasteiger partial charge on any atom is 0.343 e. The van der Waals surface area contributed by atoms with Crippen LogP contribution in [-0.2, 0) is 16.0 Å². The molecule has 1 saturated carbocycles. The Labute approximate surface area is 145 Å².